The first kappa shape index (κ1) is 14.3. The summed E-state index contributed by atoms with van der Waals surface area (Å²) >= 11 is 0. The fraction of sp³-hybridized carbons (Fsp3) is 0.938. The van der Waals surface area contributed by atoms with Crippen molar-refractivity contribution < 1.29 is 14.3 Å². The van der Waals surface area contributed by atoms with Gasteiger partial charge in [-0.3, -0.25) is 4.79 Å². The van der Waals surface area contributed by atoms with Gasteiger partial charge in [0.05, 0.1) is 12.5 Å². The van der Waals surface area contributed by atoms with E-state index in [1.807, 2.05) is 0 Å². The molecular weight excluding hydrogens is 254 g/mol. The highest BCUT2D eigenvalue weighted by Gasteiger charge is 2.52. The van der Waals surface area contributed by atoms with E-state index < -0.39 is 0 Å². The predicted molar refractivity (Wildman–Crippen MR) is 76.4 cm³/mol. The molecule has 0 atom stereocenters. The third-order valence-electron chi connectivity index (χ3n) is 5.97. The Morgan fingerprint density at radius 1 is 1.15 bits per heavy atom. The number of fused-ring (bicyclic) bond motifs is 3. The maximum absolute atomic E-state index is 12.0. The van der Waals surface area contributed by atoms with Gasteiger partial charge in [0.25, 0.3) is 0 Å². The summed E-state index contributed by atoms with van der Waals surface area (Å²) < 4.78 is 10.4. The fourth-order valence-corrected chi connectivity index (χ4v) is 4.28. The quantitative estimate of drug-likeness (QED) is 0.803. The highest BCUT2D eigenvalue weighted by molar-refractivity contribution is 5.77. The maximum Gasteiger partial charge on any atom is 0.311 e. The van der Waals surface area contributed by atoms with Crippen LogP contribution >= 0.6 is 0 Å². The molecule has 4 fully saturated rings. The summed E-state index contributed by atoms with van der Waals surface area (Å²) in [6.45, 7) is 2.96. The van der Waals surface area contributed by atoms with Gasteiger partial charge in [-0.25, -0.2) is 0 Å². The second-order valence-corrected chi connectivity index (χ2v) is 6.99. The molecule has 0 aromatic heterocycles. The molecule has 0 aromatic rings. The lowest BCUT2D eigenvalue weighted by atomic mass is 9.57. The molecule has 20 heavy (non-hydrogen) atoms. The van der Waals surface area contributed by atoms with Crippen molar-refractivity contribution in [1.29, 1.82) is 0 Å². The normalized spacial score (nSPS) is 37.9. The van der Waals surface area contributed by atoms with Crippen molar-refractivity contribution in [1.82, 2.24) is 5.32 Å². The first-order valence-corrected chi connectivity index (χ1v) is 8.09. The van der Waals surface area contributed by atoms with Crippen LogP contribution in [0, 0.1) is 11.3 Å². The van der Waals surface area contributed by atoms with Gasteiger partial charge in [-0.2, -0.15) is 0 Å². The molecule has 4 nitrogen and oxygen atoms in total. The van der Waals surface area contributed by atoms with Crippen LogP contribution in [0.1, 0.15) is 51.4 Å². The number of carbonyl (C=O) groups excluding carboxylic acids is 1. The van der Waals surface area contributed by atoms with Gasteiger partial charge in [0.15, 0.2) is 0 Å². The van der Waals surface area contributed by atoms with Crippen molar-refractivity contribution in [3.05, 3.63) is 0 Å². The van der Waals surface area contributed by atoms with Gasteiger partial charge in [-0.05, 0) is 63.8 Å². The average Bonchev–Trinajstić information content (AvgIpc) is 2.55. The molecule has 4 aliphatic rings. The SMILES string of the molecule is COC(=O)C12CCC(NCC3CCOCC3)(CC1)CC2. The molecule has 0 unspecified atom stereocenters. The number of nitrogens with one attached hydrogen (secondary N) is 1. The lowest BCUT2D eigenvalue weighted by Crippen LogP contribution is -2.57. The van der Waals surface area contributed by atoms with Crippen LogP contribution in [0.4, 0.5) is 0 Å². The summed E-state index contributed by atoms with van der Waals surface area (Å²) in [7, 11) is 1.52. The van der Waals surface area contributed by atoms with E-state index in [2.05, 4.69) is 5.32 Å². The van der Waals surface area contributed by atoms with Crippen molar-refractivity contribution in [3.8, 4) is 0 Å². The van der Waals surface area contributed by atoms with Crippen LogP contribution < -0.4 is 5.32 Å². The zero-order valence-corrected chi connectivity index (χ0v) is 12.6. The van der Waals surface area contributed by atoms with Gasteiger partial charge in [0, 0.05) is 18.8 Å². The number of esters is 1. The van der Waals surface area contributed by atoms with Crippen molar-refractivity contribution in [2.45, 2.75) is 56.9 Å². The lowest BCUT2D eigenvalue weighted by Gasteiger charge is -2.52. The van der Waals surface area contributed by atoms with Gasteiger partial charge in [-0.1, -0.05) is 0 Å². The van der Waals surface area contributed by atoms with Gasteiger partial charge in [0.2, 0.25) is 0 Å². The van der Waals surface area contributed by atoms with E-state index in [0.29, 0.717) is 5.54 Å². The van der Waals surface area contributed by atoms with Crippen LogP contribution in [0.3, 0.4) is 0 Å². The van der Waals surface area contributed by atoms with Crippen LogP contribution in [0.25, 0.3) is 0 Å². The van der Waals surface area contributed by atoms with E-state index in [1.54, 1.807) is 0 Å². The summed E-state index contributed by atoms with van der Waals surface area (Å²) in [5.41, 5.74) is 0.144. The molecule has 0 aromatic carbocycles. The van der Waals surface area contributed by atoms with Crippen molar-refractivity contribution >= 4 is 5.97 Å². The summed E-state index contributed by atoms with van der Waals surface area (Å²) in [5.74, 6) is 0.794. The molecular formula is C16H27NO3. The predicted octanol–water partition coefficient (Wildman–Crippen LogP) is 2.27. The highest BCUT2D eigenvalue weighted by atomic mass is 16.5. The third kappa shape index (κ3) is 2.60. The molecule has 4 rings (SSSR count). The lowest BCUT2D eigenvalue weighted by molar-refractivity contribution is -0.160. The summed E-state index contributed by atoms with van der Waals surface area (Å²) in [6.07, 6.45) is 8.77. The Labute approximate surface area is 121 Å². The monoisotopic (exact) mass is 281 g/mol. The number of rotatable bonds is 4. The minimum absolute atomic E-state index is 0.0234. The van der Waals surface area contributed by atoms with E-state index >= 15 is 0 Å². The Morgan fingerprint density at radius 2 is 1.75 bits per heavy atom. The molecule has 1 aliphatic heterocycles. The Morgan fingerprint density at radius 3 is 2.30 bits per heavy atom. The topological polar surface area (TPSA) is 47.6 Å². The molecule has 3 saturated carbocycles. The molecule has 1 N–H and O–H groups in total. The minimum atomic E-state index is -0.156. The van der Waals surface area contributed by atoms with Gasteiger partial charge < -0.3 is 14.8 Å². The van der Waals surface area contributed by atoms with E-state index in [9.17, 15) is 4.79 Å². The van der Waals surface area contributed by atoms with E-state index in [1.165, 1.54) is 20.0 Å². The largest absolute Gasteiger partial charge is 0.469 e. The summed E-state index contributed by atoms with van der Waals surface area (Å²) in [4.78, 5) is 12.0. The Bertz CT molecular complexity index is 338. The van der Waals surface area contributed by atoms with Crippen molar-refractivity contribution in [3.63, 3.8) is 0 Å². The zero-order valence-electron chi connectivity index (χ0n) is 12.6. The van der Waals surface area contributed by atoms with Gasteiger partial charge in [-0.15, -0.1) is 0 Å². The van der Waals surface area contributed by atoms with E-state index in [0.717, 1.165) is 64.2 Å². The van der Waals surface area contributed by atoms with Crippen LogP contribution in [-0.2, 0) is 14.3 Å². The van der Waals surface area contributed by atoms with E-state index in [-0.39, 0.29) is 11.4 Å². The third-order valence-corrected chi connectivity index (χ3v) is 5.97. The number of ether oxygens (including phenoxy) is 2. The first-order chi connectivity index (χ1) is 9.68. The Balaban J connectivity index is 1.53. The molecule has 1 heterocycles. The Hall–Kier alpha value is -0.610. The molecule has 0 radical (unpaired) electrons. The zero-order chi connectivity index (χ0) is 14.1. The van der Waals surface area contributed by atoms with Crippen LogP contribution in [0.2, 0.25) is 0 Å². The minimum Gasteiger partial charge on any atom is -0.469 e. The van der Waals surface area contributed by atoms with Crippen molar-refractivity contribution in [2.24, 2.45) is 11.3 Å². The molecule has 0 amide bonds. The molecule has 4 heteroatoms. The second kappa shape index (κ2) is 5.64. The van der Waals surface area contributed by atoms with Crippen molar-refractivity contribution in [2.75, 3.05) is 26.9 Å². The maximum atomic E-state index is 12.0. The number of hydrogen-bond acceptors (Lipinski definition) is 4. The summed E-state index contributed by atoms with van der Waals surface area (Å²) in [5, 5.41) is 3.86. The molecule has 1 saturated heterocycles. The first-order valence-electron chi connectivity index (χ1n) is 8.09. The number of carbonyl (C=O) groups is 1. The summed E-state index contributed by atoms with van der Waals surface area (Å²) in [6, 6.07) is 0. The smallest absolute Gasteiger partial charge is 0.311 e. The van der Waals surface area contributed by atoms with Gasteiger partial charge in [0.1, 0.15) is 0 Å². The molecule has 114 valence electrons. The standard InChI is InChI=1S/C16H27NO3/c1-19-14(18)15-4-7-16(8-5-15,9-6-15)17-12-13-2-10-20-11-3-13/h13,17H,2-12H2,1H3. The molecule has 0 spiro atoms. The number of hydrogen-bond donors (Lipinski definition) is 1. The van der Waals surface area contributed by atoms with Crippen LogP contribution in [0.15, 0.2) is 0 Å². The Kier molecular flexibility index (Phi) is 4.04. The second-order valence-electron chi connectivity index (χ2n) is 6.99. The van der Waals surface area contributed by atoms with Crippen LogP contribution in [0.5, 0.6) is 0 Å². The molecule has 3 aliphatic carbocycles. The molecule has 2 bridgehead atoms. The van der Waals surface area contributed by atoms with Gasteiger partial charge >= 0.3 is 5.97 Å². The fourth-order valence-electron chi connectivity index (χ4n) is 4.28. The van der Waals surface area contributed by atoms with Crippen LogP contribution in [-0.4, -0.2) is 38.4 Å². The van der Waals surface area contributed by atoms with E-state index in [4.69, 9.17) is 9.47 Å². The highest BCUT2D eigenvalue weighted by Crippen LogP contribution is 2.52. The average molecular weight is 281 g/mol. The number of methoxy groups -OCH3 is 1.